The lowest BCUT2D eigenvalue weighted by atomic mass is 9.88. The van der Waals surface area contributed by atoms with Crippen LogP contribution in [0.25, 0.3) is 11.1 Å². The minimum Gasteiger partial charge on any atom is -0.496 e. The predicted molar refractivity (Wildman–Crippen MR) is 119 cm³/mol. The van der Waals surface area contributed by atoms with Crippen LogP contribution in [-0.4, -0.2) is 26.7 Å². The van der Waals surface area contributed by atoms with Crippen molar-refractivity contribution in [3.63, 3.8) is 0 Å². The zero-order chi connectivity index (χ0) is 21.3. The van der Waals surface area contributed by atoms with Gasteiger partial charge in [0.2, 0.25) is 5.91 Å². The Hall–Kier alpha value is -2.49. The third kappa shape index (κ3) is 3.85. The molecule has 1 aliphatic heterocycles. The number of fused-ring (bicyclic) bond motifs is 1. The molecule has 0 fully saturated rings. The largest absolute Gasteiger partial charge is 0.496 e. The quantitative estimate of drug-likeness (QED) is 0.628. The van der Waals surface area contributed by atoms with Crippen molar-refractivity contribution in [1.29, 1.82) is 0 Å². The van der Waals surface area contributed by atoms with Gasteiger partial charge in [-0.15, -0.1) is 0 Å². The first kappa shape index (κ1) is 21.2. The van der Waals surface area contributed by atoms with Crippen LogP contribution in [0.3, 0.4) is 0 Å². The second-order valence-corrected chi connectivity index (χ2v) is 8.37. The van der Waals surface area contributed by atoms with Crippen molar-refractivity contribution in [3.05, 3.63) is 41.0 Å². The lowest BCUT2D eigenvalue weighted by molar-refractivity contribution is -0.117. The summed E-state index contributed by atoms with van der Waals surface area (Å²) in [5, 5.41) is 0. The van der Waals surface area contributed by atoms with Gasteiger partial charge in [-0.05, 0) is 72.6 Å². The van der Waals surface area contributed by atoms with Gasteiger partial charge in [0.15, 0.2) is 0 Å². The van der Waals surface area contributed by atoms with Gasteiger partial charge in [0.25, 0.3) is 0 Å². The smallest absolute Gasteiger partial charge is 0.231 e. The van der Waals surface area contributed by atoms with Gasteiger partial charge < -0.3 is 14.4 Å². The van der Waals surface area contributed by atoms with Crippen molar-refractivity contribution >= 4 is 11.6 Å². The van der Waals surface area contributed by atoms with Crippen LogP contribution in [0.4, 0.5) is 5.69 Å². The van der Waals surface area contributed by atoms with E-state index < -0.39 is 0 Å². The number of carbonyl (C=O) groups is 1. The third-order valence-electron chi connectivity index (χ3n) is 6.24. The first-order valence-corrected chi connectivity index (χ1v) is 10.5. The fraction of sp³-hybridized carbons (Fsp3) is 0.480. The average molecular weight is 396 g/mol. The molecule has 0 bridgehead atoms. The number of aryl methyl sites for hydroxylation is 1. The van der Waals surface area contributed by atoms with Crippen LogP contribution in [0.2, 0.25) is 0 Å². The number of ether oxygens (including phenoxy) is 2. The zero-order valence-corrected chi connectivity index (χ0v) is 18.8. The van der Waals surface area contributed by atoms with Gasteiger partial charge in [0.1, 0.15) is 11.5 Å². The van der Waals surface area contributed by atoms with Gasteiger partial charge in [-0.3, -0.25) is 4.79 Å². The number of nitrogens with zero attached hydrogens (tertiary/aromatic N) is 1. The first-order chi connectivity index (χ1) is 13.8. The Bertz CT molecular complexity index is 892. The molecule has 4 heteroatoms. The molecule has 0 spiro atoms. The average Bonchev–Trinajstić information content (AvgIpc) is 3.02. The molecule has 0 N–H and O–H groups in total. The number of rotatable bonds is 7. The van der Waals surface area contributed by atoms with E-state index in [9.17, 15) is 4.79 Å². The summed E-state index contributed by atoms with van der Waals surface area (Å²) in [7, 11) is 3.41. The molecule has 1 atom stereocenters. The molecular weight excluding hydrogens is 362 g/mol. The number of anilines is 1. The van der Waals surface area contributed by atoms with Crippen LogP contribution in [-0.2, 0) is 17.6 Å². The molecule has 4 nitrogen and oxygen atoms in total. The molecule has 2 aromatic rings. The highest BCUT2D eigenvalue weighted by Gasteiger charge is 2.31. The highest BCUT2D eigenvalue weighted by Crippen LogP contribution is 2.47. The molecule has 2 aromatic carbocycles. The summed E-state index contributed by atoms with van der Waals surface area (Å²) < 4.78 is 11.7. The summed E-state index contributed by atoms with van der Waals surface area (Å²) in [6, 6.07) is 8.40. The van der Waals surface area contributed by atoms with E-state index in [1.54, 1.807) is 14.2 Å². The van der Waals surface area contributed by atoms with Crippen molar-refractivity contribution in [3.8, 4) is 22.6 Å². The molecular formula is C25H33NO3. The number of benzene rings is 2. The van der Waals surface area contributed by atoms with Crippen LogP contribution in [0.5, 0.6) is 11.5 Å². The number of likely N-dealkylation sites (N-methyl/N-ethyl adjacent to an activating group) is 1. The van der Waals surface area contributed by atoms with Gasteiger partial charge in [-0.25, -0.2) is 0 Å². The first-order valence-electron chi connectivity index (χ1n) is 10.5. The Kier molecular flexibility index (Phi) is 6.21. The highest BCUT2D eigenvalue weighted by molar-refractivity contribution is 6.05. The fourth-order valence-corrected chi connectivity index (χ4v) is 4.20. The van der Waals surface area contributed by atoms with Crippen molar-refractivity contribution in [2.45, 2.75) is 47.5 Å². The van der Waals surface area contributed by atoms with Gasteiger partial charge >= 0.3 is 0 Å². The van der Waals surface area contributed by atoms with Crippen molar-refractivity contribution in [2.75, 3.05) is 25.7 Å². The van der Waals surface area contributed by atoms with E-state index in [0.717, 1.165) is 45.9 Å². The summed E-state index contributed by atoms with van der Waals surface area (Å²) in [6.07, 6.45) is 1.39. The van der Waals surface area contributed by atoms with E-state index in [1.165, 1.54) is 5.56 Å². The molecule has 3 rings (SSSR count). The molecule has 0 aliphatic carbocycles. The Morgan fingerprint density at radius 2 is 1.66 bits per heavy atom. The van der Waals surface area contributed by atoms with Crippen molar-refractivity contribution in [1.82, 2.24) is 0 Å². The summed E-state index contributed by atoms with van der Waals surface area (Å²) in [5.41, 5.74) is 6.39. The van der Waals surface area contributed by atoms with E-state index in [2.05, 4.69) is 52.0 Å². The van der Waals surface area contributed by atoms with Crippen molar-refractivity contribution < 1.29 is 14.3 Å². The molecule has 1 heterocycles. The number of hydrogen-bond acceptors (Lipinski definition) is 3. The van der Waals surface area contributed by atoms with Gasteiger partial charge in [-0.1, -0.05) is 26.8 Å². The lowest BCUT2D eigenvalue weighted by Gasteiger charge is -2.22. The van der Waals surface area contributed by atoms with Crippen LogP contribution < -0.4 is 14.4 Å². The number of amides is 1. The topological polar surface area (TPSA) is 38.8 Å². The molecule has 1 aliphatic rings. The van der Waals surface area contributed by atoms with Gasteiger partial charge in [0, 0.05) is 12.2 Å². The second kappa shape index (κ2) is 8.48. The third-order valence-corrected chi connectivity index (χ3v) is 6.24. The molecule has 0 saturated carbocycles. The fourth-order valence-electron chi connectivity index (χ4n) is 4.20. The maximum Gasteiger partial charge on any atom is 0.231 e. The number of carbonyl (C=O) groups excluding carboxylic acids is 1. The maximum absolute atomic E-state index is 12.6. The van der Waals surface area contributed by atoms with E-state index in [1.807, 2.05) is 11.8 Å². The molecule has 29 heavy (non-hydrogen) atoms. The highest BCUT2D eigenvalue weighted by atomic mass is 16.5. The summed E-state index contributed by atoms with van der Waals surface area (Å²) >= 11 is 0. The summed E-state index contributed by atoms with van der Waals surface area (Å²) in [5.74, 6) is 2.92. The summed E-state index contributed by atoms with van der Waals surface area (Å²) in [4.78, 5) is 14.4. The molecule has 0 radical (unpaired) electrons. The Morgan fingerprint density at radius 3 is 2.17 bits per heavy atom. The number of methoxy groups -OCH3 is 2. The molecule has 0 aromatic heterocycles. The maximum atomic E-state index is 12.6. The monoisotopic (exact) mass is 395 g/mol. The standard InChI is InChI=1S/C25H33NO3/c1-8-26-20-10-9-16(4)24(19(20)14-23(26)27)25-21(28-6)12-18(13-22(25)29-7)11-17(5)15(2)3/h9-10,12-13,15,17H,8,11,14H2,1-7H3. The summed E-state index contributed by atoms with van der Waals surface area (Å²) in [6.45, 7) is 11.5. The zero-order valence-electron chi connectivity index (χ0n) is 18.8. The van der Waals surface area contributed by atoms with Gasteiger partial charge in [0.05, 0.1) is 26.2 Å². The lowest BCUT2D eigenvalue weighted by Crippen LogP contribution is -2.25. The molecule has 156 valence electrons. The molecule has 1 unspecified atom stereocenters. The molecule has 1 amide bonds. The van der Waals surface area contributed by atoms with E-state index >= 15 is 0 Å². The van der Waals surface area contributed by atoms with Crippen LogP contribution in [0.15, 0.2) is 24.3 Å². The predicted octanol–water partition coefficient (Wildman–Crippen LogP) is 5.42. The Balaban J connectivity index is 2.20. The molecule has 0 saturated heterocycles. The van der Waals surface area contributed by atoms with Gasteiger partial charge in [-0.2, -0.15) is 0 Å². The van der Waals surface area contributed by atoms with Crippen LogP contribution >= 0.6 is 0 Å². The van der Waals surface area contributed by atoms with E-state index in [4.69, 9.17) is 9.47 Å². The normalized spacial score (nSPS) is 14.3. The van der Waals surface area contributed by atoms with E-state index in [0.29, 0.717) is 24.8 Å². The van der Waals surface area contributed by atoms with E-state index in [-0.39, 0.29) is 5.91 Å². The Labute approximate surface area is 174 Å². The van der Waals surface area contributed by atoms with Crippen LogP contribution in [0.1, 0.15) is 44.4 Å². The second-order valence-electron chi connectivity index (χ2n) is 8.37. The minimum atomic E-state index is 0.148. The van der Waals surface area contributed by atoms with Crippen LogP contribution in [0, 0.1) is 18.8 Å². The van der Waals surface area contributed by atoms with Crippen molar-refractivity contribution in [2.24, 2.45) is 11.8 Å². The number of hydrogen-bond donors (Lipinski definition) is 0. The Morgan fingerprint density at radius 1 is 1.03 bits per heavy atom. The SMILES string of the molecule is CCN1C(=O)Cc2c1ccc(C)c2-c1c(OC)cc(CC(C)C(C)C)cc1OC. The minimum absolute atomic E-state index is 0.148.